The first-order valence-electron chi connectivity index (χ1n) is 6.69. The van der Waals surface area contributed by atoms with Crippen LogP contribution in [0.2, 0.25) is 0 Å². The summed E-state index contributed by atoms with van der Waals surface area (Å²) in [5.41, 5.74) is 8.30. The number of phenols is 1. The maximum Gasteiger partial charge on any atom is 0.212 e. The van der Waals surface area contributed by atoms with Crippen molar-refractivity contribution < 1.29 is 5.11 Å². The second kappa shape index (κ2) is 4.74. The number of para-hydroxylation sites is 2. The van der Waals surface area contributed by atoms with Gasteiger partial charge in [-0.2, -0.15) is 0 Å². The number of nitrogens with two attached hydrogens (primary N) is 1. The number of aromatic hydroxyl groups is 1. The third-order valence-corrected chi connectivity index (χ3v) is 4.10. The molecule has 0 saturated heterocycles. The predicted molar refractivity (Wildman–Crippen MR) is 88.9 cm³/mol. The van der Waals surface area contributed by atoms with Gasteiger partial charge in [-0.05, 0) is 30.3 Å². The van der Waals surface area contributed by atoms with Crippen LogP contribution in [0.3, 0.4) is 0 Å². The third kappa shape index (κ3) is 1.93. The Labute approximate surface area is 134 Å². The largest absolute Gasteiger partial charge is 0.508 e. The predicted octanol–water partition coefficient (Wildman–Crippen LogP) is 2.79. The van der Waals surface area contributed by atoms with Gasteiger partial charge in [0.25, 0.3) is 0 Å². The molecule has 3 aromatic rings. The van der Waals surface area contributed by atoms with Crippen molar-refractivity contribution in [1.82, 2.24) is 9.55 Å². The molecule has 2 heterocycles. The van der Waals surface area contributed by atoms with Crippen LogP contribution in [0.25, 0.3) is 11.0 Å². The second-order valence-electron chi connectivity index (χ2n) is 5.01. The van der Waals surface area contributed by atoms with Crippen LogP contribution in [0, 0.1) is 0 Å². The number of hydrogen-bond acceptors (Lipinski definition) is 5. The lowest BCUT2D eigenvalue weighted by Gasteiger charge is -2.24. The van der Waals surface area contributed by atoms with Crippen LogP contribution in [0.5, 0.6) is 5.75 Å². The van der Waals surface area contributed by atoms with Gasteiger partial charge >= 0.3 is 0 Å². The molecule has 0 amide bonds. The third-order valence-electron chi connectivity index (χ3n) is 3.61. The minimum atomic E-state index is -0.471. The number of benzene rings is 2. The maximum absolute atomic E-state index is 10.2. The van der Waals surface area contributed by atoms with Crippen LogP contribution in [-0.2, 0) is 0 Å². The lowest BCUT2D eigenvalue weighted by atomic mass is 10.1. The summed E-state index contributed by atoms with van der Waals surface area (Å²) in [5.74, 6) is 1.04. The smallest absolute Gasteiger partial charge is 0.212 e. The zero-order valence-electron chi connectivity index (χ0n) is 11.4. The van der Waals surface area contributed by atoms with E-state index in [4.69, 9.17) is 5.73 Å². The van der Waals surface area contributed by atoms with E-state index >= 15 is 0 Å². The van der Waals surface area contributed by atoms with E-state index in [1.165, 1.54) is 0 Å². The number of guanidine groups is 1. The fraction of sp³-hybridized carbons (Fsp3) is 0.0667. The summed E-state index contributed by atoms with van der Waals surface area (Å²) in [6.45, 7) is 0. The van der Waals surface area contributed by atoms with Crippen molar-refractivity contribution >= 4 is 38.9 Å². The van der Waals surface area contributed by atoms with E-state index in [2.05, 4.69) is 31.2 Å². The Morgan fingerprint density at radius 3 is 2.91 bits per heavy atom. The zero-order valence-corrected chi connectivity index (χ0v) is 12.9. The Balaban J connectivity index is 2.00. The zero-order chi connectivity index (χ0) is 15.3. The van der Waals surface area contributed by atoms with Gasteiger partial charge in [-0.25, -0.2) is 9.98 Å². The summed E-state index contributed by atoms with van der Waals surface area (Å²) < 4.78 is 2.78. The Kier molecular flexibility index (Phi) is 2.83. The topological polar surface area (TPSA) is 88.5 Å². The molecular formula is C15H12BrN5O. The van der Waals surface area contributed by atoms with Crippen molar-refractivity contribution in [3.63, 3.8) is 0 Å². The van der Waals surface area contributed by atoms with Crippen molar-refractivity contribution in [3.8, 4) is 5.75 Å². The lowest BCUT2D eigenvalue weighted by molar-refractivity contribution is 0.455. The summed E-state index contributed by atoms with van der Waals surface area (Å²) in [6.07, 6.45) is -0.471. The summed E-state index contributed by atoms with van der Waals surface area (Å²) in [7, 11) is 0. The number of nitrogens with zero attached hydrogens (tertiary/aromatic N) is 3. The van der Waals surface area contributed by atoms with E-state index in [1.54, 1.807) is 12.1 Å². The number of rotatable bonds is 1. The Morgan fingerprint density at radius 2 is 2.05 bits per heavy atom. The highest BCUT2D eigenvalue weighted by molar-refractivity contribution is 9.10. The van der Waals surface area contributed by atoms with E-state index in [-0.39, 0.29) is 11.7 Å². The van der Waals surface area contributed by atoms with E-state index in [0.717, 1.165) is 15.5 Å². The Morgan fingerprint density at radius 1 is 1.23 bits per heavy atom. The first-order chi connectivity index (χ1) is 10.6. The van der Waals surface area contributed by atoms with E-state index in [1.807, 2.05) is 34.9 Å². The van der Waals surface area contributed by atoms with E-state index in [0.29, 0.717) is 11.5 Å². The molecule has 110 valence electrons. The number of nitrogens with one attached hydrogen (secondary N) is 1. The van der Waals surface area contributed by atoms with Gasteiger partial charge < -0.3 is 10.8 Å². The molecule has 0 saturated carbocycles. The normalized spacial score (nSPS) is 17.0. The molecule has 0 aliphatic carbocycles. The monoisotopic (exact) mass is 357 g/mol. The first kappa shape index (κ1) is 13.1. The fourth-order valence-electron chi connectivity index (χ4n) is 2.66. The van der Waals surface area contributed by atoms with E-state index < -0.39 is 6.17 Å². The summed E-state index contributed by atoms with van der Waals surface area (Å²) in [6, 6.07) is 13.0. The number of phenolic OH excluding ortho intramolecular Hbond substituents is 1. The SMILES string of the molecule is NC1=NC(c2cc(Br)ccc2O)n2c(nc3ccccc32)N1. The standard InChI is InChI=1S/C15H12BrN5O/c16-8-5-6-12(22)9(7-8)13-19-14(17)20-15-18-10-3-1-2-4-11(10)21(13)15/h1-7,13,22H,(H3,17,18,19,20). The highest BCUT2D eigenvalue weighted by Crippen LogP contribution is 2.36. The van der Waals surface area contributed by atoms with Gasteiger partial charge in [-0.1, -0.05) is 28.1 Å². The highest BCUT2D eigenvalue weighted by Gasteiger charge is 2.26. The van der Waals surface area contributed by atoms with Crippen LogP contribution in [0.15, 0.2) is 51.9 Å². The van der Waals surface area contributed by atoms with Gasteiger partial charge in [0.2, 0.25) is 5.95 Å². The molecule has 0 spiro atoms. The maximum atomic E-state index is 10.2. The number of anilines is 1. The molecule has 7 heteroatoms. The molecule has 0 bridgehead atoms. The number of halogens is 1. The fourth-order valence-corrected chi connectivity index (χ4v) is 3.04. The van der Waals surface area contributed by atoms with Gasteiger partial charge in [0.1, 0.15) is 5.75 Å². The molecule has 4 rings (SSSR count). The van der Waals surface area contributed by atoms with Crippen LogP contribution < -0.4 is 11.1 Å². The minimum absolute atomic E-state index is 0.162. The summed E-state index contributed by atoms with van der Waals surface area (Å²) >= 11 is 3.43. The molecule has 1 unspecified atom stereocenters. The van der Waals surface area contributed by atoms with Crippen molar-refractivity contribution in [1.29, 1.82) is 0 Å². The molecule has 1 aromatic heterocycles. The van der Waals surface area contributed by atoms with Crippen molar-refractivity contribution in [2.24, 2.45) is 10.7 Å². The number of hydrogen-bond donors (Lipinski definition) is 3. The Bertz CT molecular complexity index is 917. The van der Waals surface area contributed by atoms with Gasteiger partial charge in [0.15, 0.2) is 12.1 Å². The molecule has 0 radical (unpaired) electrons. The van der Waals surface area contributed by atoms with Crippen LogP contribution in [-0.4, -0.2) is 20.6 Å². The quantitative estimate of drug-likeness (QED) is 0.624. The average Bonchev–Trinajstić information content (AvgIpc) is 2.87. The van der Waals surface area contributed by atoms with Crippen molar-refractivity contribution in [2.45, 2.75) is 6.17 Å². The van der Waals surface area contributed by atoms with Crippen LogP contribution >= 0.6 is 15.9 Å². The average molecular weight is 358 g/mol. The highest BCUT2D eigenvalue weighted by atomic mass is 79.9. The first-order valence-corrected chi connectivity index (χ1v) is 7.48. The van der Waals surface area contributed by atoms with Gasteiger partial charge in [-0.3, -0.25) is 9.88 Å². The van der Waals surface area contributed by atoms with Gasteiger partial charge in [0, 0.05) is 10.0 Å². The molecule has 22 heavy (non-hydrogen) atoms. The van der Waals surface area contributed by atoms with Gasteiger partial charge in [0.05, 0.1) is 11.0 Å². The van der Waals surface area contributed by atoms with Crippen LogP contribution in [0.1, 0.15) is 11.7 Å². The molecule has 6 nitrogen and oxygen atoms in total. The number of imidazole rings is 1. The number of aromatic nitrogens is 2. The number of fused-ring (bicyclic) bond motifs is 3. The van der Waals surface area contributed by atoms with Crippen molar-refractivity contribution in [3.05, 3.63) is 52.5 Å². The molecule has 1 aliphatic rings. The van der Waals surface area contributed by atoms with Crippen LogP contribution in [0.4, 0.5) is 5.95 Å². The molecule has 1 aliphatic heterocycles. The summed E-state index contributed by atoms with van der Waals surface area (Å²) in [4.78, 5) is 8.97. The number of aliphatic imine (C=N–C) groups is 1. The molecule has 1 atom stereocenters. The molecule has 4 N–H and O–H groups in total. The molecular weight excluding hydrogens is 346 g/mol. The molecule has 2 aromatic carbocycles. The van der Waals surface area contributed by atoms with Crippen molar-refractivity contribution in [2.75, 3.05) is 5.32 Å². The lowest BCUT2D eigenvalue weighted by Crippen LogP contribution is -2.31. The second-order valence-corrected chi connectivity index (χ2v) is 5.93. The Hall–Kier alpha value is -2.54. The minimum Gasteiger partial charge on any atom is -0.508 e. The van der Waals surface area contributed by atoms with E-state index in [9.17, 15) is 5.11 Å². The van der Waals surface area contributed by atoms with Gasteiger partial charge in [-0.15, -0.1) is 0 Å². The molecule has 0 fully saturated rings. The summed E-state index contributed by atoms with van der Waals surface area (Å²) in [5, 5.41) is 13.2.